The first kappa shape index (κ1) is 16.1. The molecule has 1 rings (SSSR count). The van der Waals surface area contributed by atoms with E-state index in [0.717, 1.165) is 40.5 Å². The number of carbonyl (C=O) groups is 1. The highest BCUT2D eigenvalue weighted by molar-refractivity contribution is 9.10. The highest BCUT2D eigenvalue weighted by atomic mass is 79.9. The van der Waals surface area contributed by atoms with E-state index in [1.807, 2.05) is 30.0 Å². The molecule has 0 unspecified atom stereocenters. The van der Waals surface area contributed by atoms with E-state index in [1.165, 1.54) is 0 Å². The molecule has 19 heavy (non-hydrogen) atoms. The fraction of sp³-hybridized carbons (Fsp3) is 0.357. The van der Waals surface area contributed by atoms with Crippen LogP contribution in [0.15, 0.2) is 28.7 Å². The first-order valence-electron chi connectivity index (χ1n) is 5.95. The molecule has 0 bridgehead atoms. The van der Waals surface area contributed by atoms with Gasteiger partial charge in [-0.2, -0.15) is 11.8 Å². The summed E-state index contributed by atoms with van der Waals surface area (Å²) in [4.78, 5) is 12.7. The molecule has 1 aromatic carbocycles. The Bertz CT molecular complexity index is 463. The molecule has 104 valence electrons. The lowest BCUT2D eigenvalue weighted by molar-refractivity contribution is -0.131. The van der Waals surface area contributed by atoms with E-state index in [9.17, 15) is 4.79 Å². The summed E-state index contributed by atoms with van der Waals surface area (Å²) in [7, 11) is 2.06. The number of aliphatic carboxylic acids is 1. The van der Waals surface area contributed by atoms with Crippen molar-refractivity contribution in [3.05, 3.63) is 34.3 Å². The van der Waals surface area contributed by atoms with Crippen molar-refractivity contribution < 1.29 is 9.90 Å². The molecule has 0 aliphatic rings. The second-order valence-corrected chi connectivity index (χ2v) is 5.99. The predicted octanol–water partition coefficient (Wildman–Crippen LogP) is 3.74. The van der Waals surface area contributed by atoms with E-state index >= 15 is 0 Å². The van der Waals surface area contributed by atoms with Gasteiger partial charge in [0.25, 0.3) is 0 Å². The number of thioether (sulfide) groups is 1. The van der Waals surface area contributed by atoms with Gasteiger partial charge >= 0.3 is 5.97 Å². The van der Waals surface area contributed by atoms with Crippen molar-refractivity contribution in [3.63, 3.8) is 0 Å². The van der Waals surface area contributed by atoms with Crippen LogP contribution in [0.5, 0.6) is 0 Å². The molecule has 0 aliphatic carbocycles. The van der Waals surface area contributed by atoms with Crippen LogP contribution >= 0.6 is 27.7 Å². The van der Waals surface area contributed by atoms with Gasteiger partial charge in [-0.05, 0) is 58.1 Å². The van der Waals surface area contributed by atoms with Crippen molar-refractivity contribution in [1.82, 2.24) is 0 Å². The monoisotopic (exact) mass is 343 g/mol. The van der Waals surface area contributed by atoms with Crippen LogP contribution in [0, 0.1) is 0 Å². The maximum absolute atomic E-state index is 10.5. The molecule has 0 amide bonds. The van der Waals surface area contributed by atoms with Crippen LogP contribution in [-0.2, 0) is 4.79 Å². The topological polar surface area (TPSA) is 40.5 Å². The van der Waals surface area contributed by atoms with Crippen molar-refractivity contribution in [1.29, 1.82) is 0 Å². The van der Waals surface area contributed by atoms with E-state index in [4.69, 9.17) is 5.11 Å². The molecule has 0 saturated carbocycles. The molecule has 0 heterocycles. The van der Waals surface area contributed by atoms with E-state index in [1.54, 1.807) is 6.08 Å². The van der Waals surface area contributed by atoms with Crippen molar-refractivity contribution in [2.24, 2.45) is 0 Å². The maximum atomic E-state index is 10.5. The third kappa shape index (κ3) is 5.70. The second-order valence-electron chi connectivity index (χ2n) is 4.15. The molecular weight excluding hydrogens is 326 g/mol. The summed E-state index contributed by atoms with van der Waals surface area (Å²) in [6.07, 6.45) is 5.98. The molecule has 3 nitrogen and oxygen atoms in total. The van der Waals surface area contributed by atoms with Crippen LogP contribution in [0.4, 0.5) is 5.69 Å². The zero-order valence-corrected chi connectivity index (χ0v) is 13.5. The van der Waals surface area contributed by atoms with Gasteiger partial charge < -0.3 is 10.0 Å². The smallest absolute Gasteiger partial charge is 0.328 e. The Morgan fingerprint density at radius 3 is 2.84 bits per heavy atom. The fourth-order valence-corrected chi connectivity index (χ4v) is 2.79. The summed E-state index contributed by atoms with van der Waals surface area (Å²) in [5.74, 6) is 0.218. The fourth-order valence-electron chi connectivity index (χ4n) is 1.67. The van der Waals surface area contributed by atoms with E-state index in [2.05, 4.69) is 34.1 Å². The Hall–Kier alpha value is -0.940. The molecule has 1 aromatic rings. The summed E-state index contributed by atoms with van der Waals surface area (Å²) in [6, 6.07) is 5.86. The maximum Gasteiger partial charge on any atom is 0.328 e. The van der Waals surface area contributed by atoms with Crippen LogP contribution < -0.4 is 4.90 Å². The minimum absolute atomic E-state index is 0.871. The van der Waals surface area contributed by atoms with Crippen LogP contribution in [0.25, 0.3) is 6.08 Å². The molecule has 0 radical (unpaired) electrons. The zero-order chi connectivity index (χ0) is 14.3. The number of carboxylic acids is 1. The van der Waals surface area contributed by atoms with Crippen molar-refractivity contribution in [3.8, 4) is 0 Å². The standard InChI is InChI=1S/C14H18BrNO2S/c1-16(8-3-9-19-2)13-6-4-11(10-12(13)15)5-7-14(17)18/h4-7,10H,3,8-9H2,1-2H3,(H,17,18)/b7-5+. The first-order chi connectivity index (χ1) is 9.04. The zero-order valence-electron chi connectivity index (χ0n) is 11.1. The van der Waals surface area contributed by atoms with Gasteiger partial charge in [0.15, 0.2) is 0 Å². The number of hydrogen-bond donors (Lipinski definition) is 1. The quantitative estimate of drug-likeness (QED) is 0.604. The first-order valence-corrected chi connectivity index (χ1v) is 8.14. The summed E-state index contributed by atoms with van der Waals surface area (Å²) in [5.41, 5.74) is 1.99. The molecule has 0 spiro atoms. The van der Waals surface area contributed by atoms with Crippen LogP contribution in [0.1, 0.15) is 12.0 Å². The van der Waals surface area contributed by atoms with Gasteiger partial charge in [-0.15, -0.1) is 0 Å². The molecule has 0 aliphatic heterocycles. The van der Waals surface area contributed by atoms with Gasteiger partial charge in [-0.1, -0.05) is 6.07 Å². The minimum Gasteiger partial charge on any atom is -0.478 e. The lowest BCUT2D eigenvalue weighted by atomic mass is 10.2. The highest BCUT2D eigenvalue weighted by Crippen LogP contribution is 2.27. The van der Waals surface area contributed by atoms with Crippen LogP contribution in [-0.4, -0.2) is 36.7 Å². The summed E-state index contributed by atoms with van der Waals surface area (Å²) < 4.78 is 0.978. The third-order valence-electron chi connectivity index (χ3n) is 2.64. The molecular formula is C14H18BrNO2S. The molecule has 0 saturated heterocycles. The lowest BCUT2D eigenvalue weighted by Crippen LogP contribution is -2.19. The Morgan fingerprint density at radius 2 is 2.26 bits per heavy atom. The number of anilines is 1. The van der Waals surface area contributed by atoms with Gasteiger partial charge in [-0.25, -0.2) is 4.79 Å². The number of rotatable bonds is 7. The predicted molar refractivity (Wildman–Crippen MR) is 87.1 cm³/mol. The molecule has 0 fully saturated rings. The molecule has 1 N–H and O–H groups in total. The lowest BCUT2D eigenvalue weighted by Gasteiger charge is -2.20. The van der Waals surface area contributed by atoms with Crippen LogP contribution in [0.3, 0.4) is 0 Å². The number of benzene rings is 1. The largest absolute Gasteiger partial charge is 0.478 e. The number of carboxylic acid groups (broad SMARTS) is 1. The SMILES string of the molecule is CSCCCN(C)c1ccc(/C=C/C(=O)O)cc1Br. The second kappa shape index (κ2) is 8.27. The summed E-state index contributed by atoms with van der Waals surface area (Å²) in [5, 5.41) is 8.60. The van der Waals surface area contributed by atoms with Gasteiger partial charge in [0.2, 0.25) is 0 Å². The number of hydrogen-bond acceptors (Lipinski definition) is 3. The molecule has 0 aromatic heterocycles. The normalized spacial score (nSPS) is 10.9. The van der Waals surface area contributed by atoms with Crippen molar-refractivity contribution in [2.75, 3.05) is 30.5 Å². The minimum atomic E-state index is -0.936. The van der Waals surface area contributed by atoms with Crippen molar-refractivity contribution >= 4 is 45.4 Å². The van der Waals surface area contributed by atoms with Gasteiger partial charge in [0.1, 0.15) is 0 Å². The van der Waals surface area contributed by atoms with Gasteiger partial charge in [0.05, 0.1) is 5.69 Å². The molecule has 0 atom stereocenters. The van der Waals surface area contributed by atoms with E-state index in [-0.39, 0.29) is 0 Å². The number of halogens is 1. The van der Waals surface area contributed by atoms with Crippen LogP contribution in [0.2, 0.25) is 0 Å². The highest BCUT2D eigenvalue weighted by Gasteiger charge is 2.05. The Balaban J connectivity index is 2.73. The Labute approximate surface area is 126 Å². The van der Waals surface area contributed by atoms with Gasteiger partial charge in [-0.3, -0.25) is 0 Å². The summed E-state index contributed by atoms with van der Waals surface area (Å²) >= 11 is 5.39. The van der Waals surface area contributed by atoms with Crippen molar-refractivity contribution in [2.45, 2.75) is 6.42 Å². The molecule has 5 heteroatoms. The van der Waals surface area contributed by atoms with E-state index < -0.39 is 5.97 Å². The van der Waals surface area contributed by atoms with E-state index in [0.29, 0.717) is 0 Å². The Morgan fingerprint density at radius 1 is 1.53 bits per heavy atom. The van der Waals surface area contributed by atoms with Gasteiger partial charge in [0, 0.05) is 24.1 Å². The average molecular weight is 344 g/mol. The summed E-state index contributed by atoms with van der Waals surface area (Å²) in [6.45, 7) is 1.00. The third-order valence-corrected chi connectivity index (χ3v) is 3.98. The number of nitrogens with zero attached hydrogens (tertiary/aromatic N) is 1. The average Bonchev–Trinajstić information content (AvgIpc) is 2.36. The Kier molecular flexibility index (Phi) is 7.02.